The van der Waals surface area contributed by atoms with Crippen LogP contribution in [-0.4, -0.2) is 148 Å². The van der Waals surface area contributed by atoms with Gasteiger partial charge in [-0.15, -0.1) is 11.3 Å². The first-order valence-corrected chi connectivity index (χ1v) is 19.3. The predicted octanol–water partition coefficient (Wildman–Crippen LogP) is 0.300. The summed E-state index contributed by atoms with van der Waals surface area (Å²) in [6.07, 6.45) is -0.927. The molecule has 0 bridgehead atoms. The van der Waals surface area contributed by atoms with Crippen molar-refractivity contribution in [3.63, 3.8) is 0 Å². The number of hydrazine groups is 1. The number of ketones is 2. The second-order valence-electron chi connectivity index (χ2n) is 13.2. The van der Waals surface area contributed by atoms with Gasteiger partial charge in [-0.25, -0.2) is 24.4 Å². The fourth-order valence-corrected chi connectivity index (χ4v) is 9.08. The maximum Gasteiger partial charge on any atom is 0.351 e. The number of β-lactam (4-membered cyclic amide) rings is 1. The molecule has 4 fully saturated rings. The molecule has 0 aliphatic carbocycles. The van der Waals surface area contributed by atoms with Crippen LogP contribution in [0.4, 0.5) is 4.79 Å². The molecule has 5 heterocycles. The molecule has 4 aliphatic heterocycles. The number of Topliss-reactive ketones (excluding diaryl/α,β-unsaturated/α-hetero) is 2. The largest absolute Gasteiger partial charge is 0.504 e. The van der Waals surface area contributed by atoms with E-state index >= 15 is 0 Å². The molecule has 304 valence electrons. The quantitative estimate of drug-likeness (QED) is 0.0351. The van der Waals surface area contributed by atoms with E-state index in [0.29, 0.717) is 5.01 Å². The maximum atomic E-state index is 13.7. The van der Waals surface area contributed by atoms with Gasteiger partial charge in [0.15, 0.2) is 23.0 Å². The number of halogens is 1. The molecule has 5 amide bonds. The number of thioether (sulfide) groups is 1. The highest BCUT2D eigenvalue weighted by molar-refractivity contribution is 8.02. The lowest BCUT2D eigenvalue weighted by atomic mass is 9.90. The highest BCUT2D eigenvalue weighted by Crippen LogP contribution is 2.53. The van der Waals surface area contributed by atoms with E-state index in [4.69, 9.17) is 21.2 Å². The van der Waals surface area contributed by atoms with E-state index in [-0.39, 0.29) is 57.1 Å². The number of carbonyl (C=O) groups excluding carboxylic acids is 6. The SMILES string of the molecule is Cc1nc(/C(=N/OC2(C(=O)O)CCOCC2)C(=O)C[C@@H]2C(=O)N3C[C@@](C(=O)O)(N4CCN(NC(=O)CCNC(=O)C(=O)c5ccc(O)c(O)c5Cl)C4=O)S[C@H]23)cs1. The number of rotatable bonds is 15. The van der Waals surface area contributed by atoms with Gasteiger partial charge in [-0.2, -0.15) is 0 Å². The Hall–Kier alpha value is -5.52. The summed E-state index contributed by atoms with van der Waals surface area (Å²) in [5.41, 5.74) is -0.00161. The van der Waals surface area contributed by atoms with Gasteiger partial charge in [0.1, 0.15) is 5.69 Å². The van der Waals surface area contributed by atoms with Crippen molar-refractivity contribution >= 4 is 87.7 Å². The van der Waals surface area contributed by atoms with Crippen molar-refractivity contribution < 1.29 is 68.4 Å². The lowest BCUT2D eigenvalue weighted by Gasteiger charge is -2.40. The maximum absolute atomic E-state index is 13.7. The summed E-state index contributed by atoms with van der Waals surface area (Å²) >= 11 is 7.83. The number of fused-ring (bicyclic) bond motifs is 1. The van der Waals surface area contributed by atoms with E-state index in [0.717, 1.165) is 33.8 Å². The van der Waals surface area contributed by atoms with Crippen LogP contribution in [-0.2, 0) is 38.3 Å². The number of carboxylic acids is 2. The van der Waals surface area contributed by atoms with Crippen molar-refractivity contribution in [2.45, 2.75) is 48.5 Å². The third kappa shape index (κ3) is 7.78. The van der Waals surface area contributed by atoms with Gasteiger partial charge in [-0.3, -0.25) is 34.3 Å². The lowest BCUT2D eigenvalue weighted by molar-refractivity contribution is -0.178. The highest BCUT2D eigenvalue weighted by atomic mass is 35.5. The van der Waals surface area contributed by atoms with Gasteiger partial charge in [0.05, 0.1) is 53.2 Å². The number of aryl methyl sites for hydroxylation is 1. The Bertz CT molecular complexity index is 2090. The summed E-state index contributed by atoms with van der Waals surface area (Å²) in [7, 11) is 0. The first-order chi connectivity index (χ1) is 27.0. The predicted molar refractivity (Wildman–Crippen MR) is 195 cm³/mol. The topological polar surface area (TPSA) is 295 Å². The lowest BCUT2D eigenvalue weighted by Crippen LogP contribution is -2.60. The molecule has 6 rings (SSSR count). The van der Waals surface area contributed by atoms with Crippen molar-refractivity contribution in [3.8, 4) is 11.5 Å². The summed E-state index contributed by atoms with van der Waals surface area (Å²) in [6, 6.07) is 1.10. The number of ether oxygens (including phenoxy) is 1. The Morgan fingerprint density at radius 3 is 2.46 bits per heavy atom. The van der Waals surface area contributed by atoms with Crippen molar-refractivity contribution in [2.75, 3.05) is 39.4 Å². The Kier molecular flexibility index (Phi) is 11.7. The first kappa shape index (κ1) is 41.1. The molecule has 0 unspecified atom stereocenters. The van der Waals surface area contributed by atoms with Gasteiger partial charge in [-0.1, -0.05) is 28.5 Å². The molecule has 0 radical (unpaired) electrons. The van der Waals surface area contributed by atoms with Crippen LogP contribution in [0.3, 0.4) is 0 Å². The number of carboxylic acid groups (broad SMARTS) is 2. The number of aliphatic carboxylic acids is 2. The molecule has 24 heteroatoms. The van der Waals surface area contributed by atoms with Gasteiger partial charge in [0.25, 0.3) is 11.7 Å². The zero-order chi connectivity index (χ0) is 41.4. The minimum Gasteiger partial charge on any atom is -0.504 e. The summed E-state index contributed by atoms with van der Waals surface area (Å²) in [6.45, 7) is 0.770. The number of nitrogens with one attached hydrogen (secondary N) is 2. The van der Waals surface area contributed by atoms with E-state index in [1.165, 1.54) is 21.6 Å². The number of hydrogen-bond acceptors (Lipinski definition) is 16. The van der Waals surface area contributed by atoms with Gasteiger partial charge >= 0.3 is 18.0 Å². The molecule has 4 aliphatic rings. The standard InChI is InChI=1S/C33H34ClN7O14S2/c1-15-36-18(13-56-15)23(38-55-32(29(49)50)5-10-54-11-6-32)20(43)12-17-27(48)39-14-33(30(51)52,57-28(17)39)40-8-9-41(31(40)53)37-21(44)4-7-35-26(47)24(45)16-2-3-19(42)25(46)22(16)34/h2-3,13,17,28,42,46H,4-12,14H2,1H3,(H,35,47)(H,37,44)(H,49,50)(H,51,52)/b38-23-/t17-,28-,33-/m1/s1. The van der Waals surface area contributed by atoms with E-state index in [2.05, 4.69) is 20.9 Å². The van der Waals surface area contributed by atoms with Gasteiger partial charge in [-0.05, 0) is 19.1 Å². The van der Waals surface area contributed by atoms with Crippen molar-refractivity contribution in [2.24, 2.45) is 11.1 Å². The molecule has 2 aromatic rings. The van der Waals surface area contributed by atoms with Gasteiger partial charge < -0.3 is 40.2 Å². The smallest absolute Gasteiger partial charge is 0.351 e. The van der Waals surface area contributed by atoms with Crippen LogP contribution in [0.5, 0.6) is 11.5 Å². The molecule has 3 atom stereocenters. The molecular weight excluding hydrogens is 818 g/mol. The third-order valence-corrected chi connectivity index (χ3v) is 12.6. The fraction of sp³-hybridized carbons (Fsp3) is 0.455. The second kappa shape index (κ2) is 16.1. The fourth-order valence-electron chi connectivity index (χ4n) is 6.54. The number of hydrogen-bond donors (Lipinski definition) is 6. The van der Waals surface area contributed by atoms with Crippen LogP contribution in [0.25, 0.3) is 0 Å². The van der Waals surface area contributed by atoms with Crippen molar-refractivity contribution in [1.82, 2.24) is 30.5 Å². The van der Waals surface area contributed by atoms with Gasteiger partial charge in [0.2, 0.25) is 22.3 Å². The molecule has 0 saturated carbocycles. The summed E-state index contributed by atoms with van der Waals surface area (Å²) in [5.74, 6) is -9.51. The Labute approximate surface area is 334 Å². The number of phenols is 2. The zero-order valence-corrected chi connectivity index (χ0v) is 32.1. The molecule has 4 saturated heterocycles. The molecular formula is C33H34ClN7O14S2. The molecule has 6 N–H and O–H groups in total. The van der Waals surface area contributed by atoms with Crippen LogP contribution >= 0.6 is 34.7 Å². The first-order valence-electron chi connectivity index (χ1n) is 17.2. The molecule has 21 nitrogen and oxygen atoms in total. The van der Waals surface area contributed by atoms with Gasteiger partial charge in [0, 0.05) is 44.2 Å². The molecule has 1 aromatic carbocycles. The molecule has 1 aromatic heterocycles. The third-order valence-electron chi connectivity index (χ3n) is 9.71. The number of thiazole rings is 1. The monoisotopic (exact) mass is 851 g/mol. The van der Waals surface area contributed by atoms with E-state index in [9.17, 15) is 58.8 Å². The number of nitrogens with zero attached hydrogens (tertiary/aromatic N) is 5. The normalized spacial score (nSPS) is 22.8. The number of urea groups is 1. The van der Waals surface area contributed by atoms with E-state index in [1.807, 2.05) is 0 Å². The molecule has 0 spiro atoms. The van der Waals surface area contributed by atoms with Crippen LogP contribution in [0, 0.1) is 12.8 Å². The average molecular weight is 852 g/mol. The molecule has 57 heavy (non-hydrogen) atoms. The van der Waals surface area contributed by atoms with Crippen LogP contribution in [0.2, 0.25) is 5.02 Å². The number of phenolic OH excluding ortho intramolecular Hbond substituents is 2. The van der Waals surface area contributed by atoms with Crippen LogP contribution in [0.15, 0.2) is 22.7 Å². The summed E-state index contributed by atoms with van der Waals surface area (Å²) in [5, 5.41) is 47.3. The minimum absolute atomic E-state index is 0.0292. The number of benzene rings is 1. The zero-order valence-electron chi connectivity index (χ0n) is 29.8. The summed E-state index contributed by atoms with van der Waals surface area (Å²) < 4.78 is 5.25. The number of aromatic nitrogens is 1. The van der Waals surface area contributed by atoms with Crippen LogP contribution in [0.1, 0.15) is 46.7 Å². The van der Waals surface area contributed by atoms with E-state index in [1.54, 1.807) is 6.92 Å². The average Bonchev–Trinajstić information content (AvgIpc) is 3.88. The minimum atomic E-state index is -1.99. The van der Waals surface area contributed by atoms with Crippen LogP contribution < -0.4 is 10.7 Å². The highest BCUT2D eigenvalue weighted by Gasteiger charge is 2.66. The Morgan fingerprint density at radius 2 is 1.81 bits per heavy atom. The van der Waals surface area contributed by atoms with Crippen molar-refractivity contribution in [1.29, 1.82) is 0 Å². The second-order valence-corrected chi connectivity index (χ2v) is 16.1. The number of amides is 5. The van der Waals surface area contributed by atoms with Crippen molar-refractivity contribution in [3.05, 3.63) is 38.8 Å². The summed E-state index contributed by atoms with van der Waals surface area (Å²) in [4.78, 5) is 113. The van der Waals surface area contributed by atoms with E-state index < -0.39 is 110 Å². The number of oxime groups is 1. The Balaban J connectivity index is 1.07. The number of aromatic hydroxyl groups is 2. The Morgan fingerprint density at radius 1 is 1.09 bits per heavy atom. The number of carbonyl (C=O) groups is 8.